The quantitative estimate of drug-likeness (QED) is 0.784. The largest absolute Gasteiger partial charge is 0.386 e. The second kappa shape index (κ2) is 6.32. The molecule has 1 atom stereocenters. The second-order valence-electron chi connectivity index (χ2n) is 5.30. The number of rotatable bonds is 3. The van der Waals surface area contributed by atoms with E-state index in [1.54, 1.807) is 30.3 Å². The predicted octanol–water partition coefficient (Wildman–Crippen LogP) is 3.75. The summed E-state index contributed by atoms with van der Waals surface area (Å²) in [7, 11) is 0. The van der Waals surface area contributed by atoms with Crippen LogP contribution in [0.2, 0.25) is 10.0 Å². The van der Waals surface area contributed by atoms with Crippen LogP contribution in [-0.4, -0.2) is 14.9 Å². The van der Waals surface area contributed by atoms with Crippen molar-refractivity contribution in [2.75, 3.05) is 0 Å². The highest BCUT2D eigenvalue weighted by Gasteiger charge is 2.16. The third-order valence-electron chi connectivity index (χ3n) is 3.72. The van der Waals surface area contributed by atoms with Crippen LogP contribution in [0.15, 0.2) is 47.3 Å². The predicted molar refractivity (Wildman–Crippen MR) is 92.2 cm³/mol. The first kappa shape index (κ1) is 16.0. The zero-order valence-corrected chi connectivity index (χ0v) is 13.8. The Kier molecular flexibility index (Phi) is 4.39. The summed E-state index contributed by atoms with van der Waals surface area (Å²) in [5.74, 6) is 0. The molecule has 23 heavy (non-hydrogen) atoms. The summed E-state index contributed by atoms with van der Waals surface area (Å²) in [6, 6.07) is 12.1. The zero-order valence-electron chi connectivity index (χ0n) is 12.3. The number of hydrogen-bond acceptors (Lipinski definition) is 3. The molecule has 0 radical (unpaired) electrons. The lowest BCUT2D eigenvalue weighted by Gasteiger charge is -2.15. The highest BCUT2D eigenvalue weighted by molar-refractivity contribution is 6.33. The summed E-state index contributed by atoms with van der Waals surface area (Å²) in [6.45, 7) is 1.83. The number of halogens is 2. The Balaban J connectivity index is 2.03. The average molecular weight is 349 g/mol. The molecule has 0 saturated carbocycles. The van der Waals surface area contributed by atoms with Crippen molar-refractivity contribution in [1.82, 2.24) is 9.78 Å². The minimum atomic E-state index is -0.980. The molecule has 1 N–H and O–H groups in total. The van der Waals surface area contributed by atoms with Gasteiger partial charge < -0.3 is 5.11 Å². The van der Waals surface area contributed by atoms with Gasteiger partial charge in [0.2, 0.25) is 0 Å². The van der Waals surface area contributed by atoms with E-state index < -0.39 is 6.10 Å². The summed E-state index contributed by atoms with van der Waals surface area (Å²) in [5, 5.41) is 17.0. The van der Waals surface area contributed by atoms with E-state index in [1.807, 2.05) is 19.1 Å². The van der Waals surface area contributed by atoms with Crippen molar-refractivity contribution in [3.8, 4) is 0 Å². The summed E-state index contributed by atoms with van der Waals surface area (Å²) < 4.78 is 1.26. The number of hydrogen-bond donors (Lipinski definition) is 1. The lowest BCUT2D eigenvalue weighted by Crippen LogP contribution is -2.27. The molecule has 0 aliphatic heterocycles. The Morgan fingerprint density at radius 2 is 1.87 bits per heavy atom. The maximum Gasteiger partial charge on any atom is 0.274 e. The molecule has 0 aliphatic rings. The van der Waals surface area contributed by atoms with Gasteiger partial charge in [0.05, 0.1) is 17.6 Å². The standard InChI is InChI=1S/C17H14Cl2N2O2/c1-10-12-4-2-3-5-13(12)17(23)21(20-10)9-16(22)14-8-11(18)6-7-15(14)19/h2-8,16,22H,9H2,1H3/t16-/m0/s1. The van der Waals surface area contributed by atoms with Gasteiger partial charge >= 0.3 is 0 Å². The average Bonchev–Trinajstić information content (AvgIpc) is 2.54. The normalized spacial score (nSPS) is 12.5. The van der Waals surface area contributed by atoms with Gasteiger partial charge in [-0.25, -0.2) is 4.68 Å². The van der Waals surface area contributed by atoms with E-state index in [9.17, 15) is 9.90 Å². The van der Waals surface area contributed by atoms with Crippen LogP contribution in [0.1, 0.15) is 17.4 Å². The number of aliphatic hydroxyl groups is 1. The molecule has 2 aromatic carbocycles. The van der Waals surface area contributed by atoms with E-state index in [0.29, 0.717) is 21.0 Å². The maximum absolute atomic E-state index is 12.5. The lowest BCUT2D eigenvalue weighted by atomic mass is 10.1. The molecule has 0 unspecified atom stereocenters. The van der Waals surface area contributed by atoms with Crippen molar-refractivity contribution in [3.05, 3.63) is 74.1 Å². The second-order valence-corrected chi connectivity index (χ2v) is 6.14. The maximum atomic E-state index is 12.5. The van der Waals surface area contributed by atoms with Gasteiger partial charge in [0, 0.05) is 21.0 Å². The van der Waals surface area contributed by atoms with Crippen LogP contribution in [0.25, 0.3) is 10.8 Å². The molecule has 0 aliphatic carbocycles. The fraction of sp³-hybridized carbons (Fsp3) is 0.176. The zero-order chi connectivity index (χ0) is 16.6. The van der Waals surface area contributed by atoms with E-state index >= 15 is 0 Å². The first-order valence-corrected chi connectivity index (χ1v) is 7.82. The van der Waals surface area contributed by atoms with Gasteiger partial charge in [0.25, 0.3) is 5.56 Å². The van der Waals surface area contributed by atoms with E-state index in [-0.39, 0.29) is 12.1 Å². The summed E-state index contributed by atoms with van der Waals surface area (Å²) in [6.07, 6.45) is -0.980. The smallest absolute Gasteiger partial charge is 0.274 e. The number of benzene rings is 2. The number of aliphatic hydroxyl groups excluding tert-OH is 1. The van der Waals surface area contributed by atoms with Gasteiger partial charge in [0.1, 0.15) is 6.10 Å². The Bertz CT molecular complexity index is 938. The van der Waals surface area contributed by atoms with Crippen molar-refractivity contribution >= 4 is 34.0 Å². The minimum absolute atomic E-state index is 0.00453. The van der Waals surface area contributed by atoms with Crippen molar-refractivity contribution in [2.45, 2.75) is 19.6 Å². The molecular formula is C17H14Cl2N2O2. The van der Waals surface area contributed by atoms with Crippen LogP contribution >= 0.6 is 23.2 Å². The van der Waals surface area contributed by atoms with Crippen LogP contribution in [0.3, 0.4) is 0 Å². The minimum Gasteiger partial charge on any atom is -0.386 e. The first-order valence-electron chi connectivity index (χ1n) is 7.07. The van der Waals surface area contributed by atoms with E-state index in [2.05, 4.69) is 5.10 Å². The van der Waals surface area contributed by atoms with Crippen molar-refractivity contribution in [1.29, 1.82) is 0 Å². The van der Waals surface area contributed by atoms with Crippen molar-refractivity contribution in [2.24, 2.45) is 0 Å². The molecule has 6 heteroatoms. The van der Waals surface area contributed by atoms with Crippen LogP contribution < -0.4 is 5.56 Å². The molecule has 3 aromatic rings. The molecular weight excluding hydrogens is 335 g/mol. The van der Waals surface area contributed by atoms with Crippen LogP contribution in [-0.2, 0) is 6.54 Å². The van der Waals surface area contributed by atoms with E-state index in [4.69, 9.17) is 23.2 Å². The number of aryl methyl sites for hydroxylation is 1. The number of fused-ring (bicyclic) bond motifs is 1. The molecule has 0 spiro atoms. The Morgan fingerprint density at radius 1 is 1.17 bits per heavy atom. The molecule has 3 rings (SSSR count). The molecule has 0 bridgehead atoms. The van der Waals surface area contributed by atoms with Crippen LogP contribution in [0.5, 0.6) is 0 Å². The summed E-state index contributed by atoms with van der Waals surface area (Å²) >= 11 is 12.0. The van der Waals surface area contributed by atoms with Crippen molar-refractivity contribution in [3.63, 3.8) is 0 Å². The van der Waals surface area contributed by atoms with Gasteiger partial charge in [-0.05, 0) is 31.2 Å². The molecule has 118 valence electrons. The first-order chi connectivity index (χ1) is 11.0. The van der Waals surface area contributed by atoms with Crippen LogP contribution in [0, 0.1) is 6.92 Å². The Hall–Kier alpha value is -1.88. The molecule has 1 aromatic heterocycles. The monoisotopic (exact) mass is 348 g/mol. The molecule has 1 heterocycles. The third-order valence-corrected chi connectivity index (χ3v) is 4.29. The fourth-order valence-corrected chi connectivity index (χ4v) is 2.98. The summed E-state index contributed by atoms with van der Waals surface area (Å²) in [5.41, 5.74) is 0.951. The number of aromatic nitrogens is 2. The SMILES string of the molecule is Cc1nn(C[C@H](O)c2cc(Cl)ccc2Cl)c(=O)c2ccccc12. The van der Waals surface area contributed by atoms with Gasteiger partial charge in [-0.1, -0.05) is 41.4 Å². The fourth-order valence-electron chi connectivity index (χ4n) is 2.56. The highest BCUT2D eigenvalue weighted by Crippen LogP contribution is 2.27. The molecule has 0 amide bonds. The molecule has 0 fully saturated rings. The number of nitrogens with zero attached hydrogens (tertiary/aromatic N) is 2. The van der Waals surface area contributed by atoms with Gasteiger partial charge in [-0.2, -0.15) is 5.10 Å². The Morgan fingerprint density at radius 3 is 2.61 bits per heavy atom. The van der Waals surface area contributed by atoms with E-state index in [1.165, 1.54) is 4.68 Å². The van der Waals surface area contributed by atoms with Gasteiger partial charge in [-0.15, -0.1) is 0 Å². The lowest BCUT2D eigenvalue weighted by molar-refractivity contribution is 0.149. The highest BCUT2D eigenvalue weighted by atomic mass is 35.5. The van der Waals surface area contributed by atoms with E-state index in [0.717, 1.165) is 11.1 Å². The van der Waals surface area contributed by atoms with Gasteiger partial charge in [0.15, 0.2) is 0 Å². The molecule has 0 saturated heterocycles. The topological polar surface area (TPSA) is 55.1 Å². The summed E-state index contributed by atoms with van der Waals surface area (Å²) in [4.78, 5) is 12.5. The molecule has 4 nitrogen and oxygen atoms in total. The third kappa shape index (κ3) is 3.11. The van der Waals surface area contributed by atoms with Gasteiger partial charge in [-0.3, -0.25) is 4.79 Å². The van der Waals surface area contributed by atoms with Crippen molar-refractivity contribution < 1.29 is 5.11 Å². The Labute approximate surface area is 142 Å². The van der Waals surface area contributed by atoms with Crippen LogP contribution in [0.4, 0.5) is 0 Å².